The van der Waals surface area contributed by atoms with Crippen LogP contribution in [-0.2, 0) is 4.79 Å². The average molecular weight is 234 g/mol. The Morgan fingerprint density at radius 1 is 1.53 bits per heavy atom. The fraction of sp³-hybridized carbons (Fsp3) is 0.667. The summed E-state index contributed by atoms with van der Waals surface area (Å²) >= 11 is 0. The van der Waals surface area contributed by atoms with Crippen LogP contribution in [0.25, 0.3) is 0 Å². The van der Waals surface area contributed by atoms with E-state index >= 15 is 0 Å². The van der Waals surface area contributed by atoms with Crippen molar-refractivity contribution in [2.45, 2.75) is 39.5 Å². The summed E-state index contributed by atoms with van der Waals surface area (Å²) in [5, 5.41) is 9.51. The summed E-state index contributed by atoms with van der Waals surface area (Å²) in [6, 6.07) is 0. The van der Waals surface area contributed by atoms with E-state index in [1.54, 1.807) is 0 Å². The molecule has 0 saturated heterocycles. The molecule has 3 atom stereocenters. The predicted molar refractivity (Wildman–Crippen MR) is 68.5 cm³/mol. The minimum Gasteiger partial charge on any atom is -0.396 e. The van der Waals surface area contributed by atoms with Gasteiger partial charge in [0.15, 0.2) is 0 Å². The zero-order valence-corrected chi connectivity index (χ0v) is 10.8. The number of aliphatic hydroxyl groups excluding tert-OH is 1. The second kappa shape index (κ2) is 4.77. The lowest BCUT2D eigenvalue weighted by molar-refractivity contribution is -0.105. The Morgan fingerprint density at radius 2 is 2.29 bits per heavy atom. The van der Waals surface area contributed by atoms with Crippen molar-refractivity contribution in [1.82, 2.24) is 0 Å². The maximum Gasteiger partial charge on any atom is 0.145 e. The number of rotatable bonds is 2. The molecule has 1 saturated carbocycles. The maximum atomic E-state index is 11.0. The molecule has 2 aliphatic rings. The van der Waals surface area contributed by atoms with Crippen molar-refractivity contribution in [2.24, 2.45) is 17.3 Å². The number of fused-ring (bicyclic) bond motifs is 1. The van der Waals surface area contributed by atoms with Gasteiger partial charge in [-0.1, -0.05) is 24.6 Å². The molecule has 0 radical (unpaired) electrons. The quantitative estimate of drug-likeness (QED) is 0.589. The van der Waals surface area contributed by atoms with E-state index in [-0.39, 0.29) is 12.0 Å². The van der Waals surface area contributed by atoms with Crippen LogP contribution in [-0.4, -0.2) is 18.0 Å². The van der Waals surface area contributed by atoms with Gasteiger partial charge in [-0.05, 0) is 50.0 Å². The Kier molecular flexibility index (Phi) is 3.53. The molecule has 0 aromatic rings. The molecular weight excluding hydrogens is 212 g/mol. The normalized spacial score (nSPS) is 43.7. The molecule has 2 aliphatic carbocycles. The highest BCUT2D eigenvalue weighted by Gasteiger charge is 2.58. The highest BCUT2D eigenvalue weighted by molar-refractivity contribution is 5.73. The van der Waals surface area contributed by atoms with Crippen molar-refractivity contribution in [3.05, 3.63) is 23.3 Å². The van der Waals surface area contributed by atoms with Crippen molar-refractivity contribution < 1.29 is 9.90 Å². The Morgan fingerprint density at radius 3 is 2.94 bits per heavy atom. The molecule has 0 aromatic heterocycles. The zero-order valence-electron chi connectivity index (χ0n) is 10.8. The van der Waals surface area contributed by atoms with E-state index < -0.39 is 0 Å². The van der Waals surface area contributed by atoms with Gasteiger partial charge in [0, 0.05) is 12.0 Å². The second-order valence-corrected chi connectivity index (χ2v) is 5.78. The van der Waals surface area contributed by atoms with Gasteiger partial charge in [-0.3, -0.25) is 4.79 Å². The van der Waals surface area contributed by atoms with Crippen LogP contribution in [0.4, 0.5) is 0 Å². The maximum absolute atomic E-state index is 11.0. The van der Waals surface area contributed by atoms with Gasteiger partial charge in [0.05, 0.1) is 0 Å². The van der Waals surface area contributed by atoms with Crippen molar-refractivity contribution in [2.75, 3.05) is 6.61 Å². The Hall–Kier alpha value is -0.890. The molecule has 0 bridgehead atoms. The van der Waals surface area contributed by atoms with Gasteiger partial charge in [-0.25, -0.2) is 0 Å². The number of carbonyl (C=O) groups excluding carboxylic acids is 1. The van der Waals surface area contributed by atoms with E-state index in [0.717, 1.165) is 37.5 Å². The van der Waals surface area contributed by atoms with E-state index in [4.69, 9.17) is 0 Å². The van der Waals surface area contributed by atoms with Crippen LogP contribution in [0.2, 0.25) is 0 Å². The van der Waals surface area contributed by atoms with Crippen molar-refractivity contribution >= 4 is 6.29 Å². The Labute approximate surface area is 103 Å². The molecule has 2 heteroatoms. The molecule has 0 unspecified atom stereocenters. The first kappa shape index (κ1) is 12.6. The van der Waals surface area contributed by atoms with E-state index in [0.29, 0.717) is 11.8 Å². The first-order valence-electron chi connectivity index (χ1n) is 6.54. The summed E-state index contributed by atoms with van der Waals surface area (Å²) in [6.45, 7) is 4.53. The molecule has 2 nitrogen and oxygen atoms in total. The lowest BCUT2D eigenvalue weighted by Crippen LogP contribution is -2.05. The van der Waals surface area contributed by atoms with E-state index in [1.807, 2.05) is 0 Å². The fourth-order valence-corrected chi connectivity index (χ4v) is 3.12. The fourth-order valence-electron chi connectivity index (χ4n) is 3.12. The second-order valence-electron chi connectivity index (χ2n) is 5.78. The lowest BCUT2D eigenvalue weighted by atomic mass is 10.0. The minimum atomic E-state index is 0.0128. The predicted octanol–water partition coefficient (Wildman–Crippen LogP) is 2.88. The van der Waals surface area contributed by atoms with Crippen LogP contribution >= 0.6 is 0 Å². The van der Waals surface area contributed by atoms with Crippen LogP contribution in [0.5, 0.6) is 0 Å². The molecule has 94 valence electrons. The smallest absolute Gasteiger partial charge is 0.145 e. The number of aldehydes is 1. The first-order chi connectivity index (χ1) is 8.11. The summed E-state index contributed by atoms with van der Waals surface area (Å²) in [7, 11) is 0. The van der Waals surface area contributed by atoms with Crippen molar-refractivity contribution in [3.63, 3.8) is 0 Å². The summed E-state index contributed by atoms with van der Waals surface area (Å²) in [5.41, 5.74) is 2.34. The Balaban J connectivity index is 2.20. The van der Waals surface area contributed by atoms with Gasteiger partial charge in [-0.2, -0.15) is 0 Å². The van der Waals surface area contributed by atoms with Gasteiger partial charge in [0.25, 0.3) is 0 Å². The van der Waals surface area contributed by atoms with Crippen LogP contribution < -0.4 is 0 Å². The summed E-state index contributed by atoms with van der Waals surface area (Å²) in [5.74, 6) is 0.947. The number of carbonyl (C=O) groups is 1. The Bertz CT molecular complexity index is 367. The van der Waals surface area contributed by atoms with E-state index in [1.165, 1.54) is 5.57 Å². The standard InChI is InChI=1S/C15H22O2/c1-11-4-3-5-12(9-16)8-14-13(7-6-11)15(14,2)10-17/h4,8-9,13-14,17H,3,5-7,10H2,1-2H3/b11-4+,12-8+/t13-,14-,15+/m1/s1. The van der Waals surface area contributed by atoms with Gasteiger partial charge in [0.2, 0.25) is 0 Å². The molecule has 17 heavy (non-hydrogen) atoms. The van der Waals surface area contributed by atoms with Crippen molar-refractivity contribution in [1.29, 1.82) is 0 Å². The monoisotopic (exact) mass is 234 g/mol. The number of aliphatic hydroxyl groups is 1. The molecule has 0 heterocycles. The third-order valence-electron chi connectivity index (χ3n) is 4.59. The third kappa shape index (κ3) is 2.37. The van der Waals surface area contributed by atoms with Crippen LogP contribution in [0.15, 0.2) is 23.3 Å². The number of allylic oxidation sites excluding steroid dienone is 4. The molecular formula is C15H22O2. The van der Waals surface area contributed by atoms with Crippen molar-refractivity contribution in [3.8, 4) is 0 Å². The molecule has 0 spiro atoms. The number of hydrogen-bond donors (Lipinski definition) is 1. The van der Waals surface area contributed by atoms with Gasteiger partial charge >= 0.3 is 0 Å². The molecule has 0 aliphatic heterocycles. The first-order valence-corrected chi connectivity index (χ1v) is 6.54. The lowest BCUT2D eigenvalue weighted by Gasteiger charge is -2.06. The molecule has 2 rings (SSSR count). The van der Waals surface area contributed by atoms with E-state index in [9.17, 15) is 9.90 Å². The summed E-state index contributed by atoms with van der Waals surface area (Å²) in [6.07, 6.45) is 9.40. The highest BCUT2D eigenvalue weighted by Crippen LogP contribution is 2.61. The van der Waals surface area contributed by atoms with Crippen LogP contribution in [0.1, 0.15) is 39.5 Å². The van der Waals surface area contributed by atoms with Gasteiger partial charge < -0.3 is 5.11 Å². The molecule has 1 N–H and O–H groups in total. The average Bonchev–Trinajstić information content (AvgIpc) is 2.90. The van der Waals surface area contributed by atoms with Gasteiger partial charge in [-0.15, -0.1) is 0 Å². The van der Waals surface area contributed by atoms with Crippen LogP contribution in [0, 0.1) is 17.3 Å². The summed E-state index contributed by atoms with van der Waals surface area (Å²) in [4.78, 5) is 11.0. The molecule has 0 aromatic carbocycles. The van der Waals surface area contributed by atoms with E-state index in [2.05, 4.69) is 26.0 Å². The SMILES string of the molecule is C/C1=C\CC/C(C=O)=C\[C@@H]2[C@@H](CC1)[C@]2(C)CO. The highest BCUT2D eigenvalue weighted by atomic mass is 16.3. The van der Waals surface area contributed by atoms with Crippen LogP contribution in [0.3, 0.4) is 0 Å². The third-order valence-corrected chi connectivity index (χ3v) is 4.59. The summed E-state index contributed by atoms with van der Waals surface area (Å²) < 4.78 is 0. The largest absolute Gasteiger partial charge is 0.396 e. The topological polar surface area (TPSA) is 37.3 Å². The minimum absolute atomic E-state index is 0.0128. The molecule has 0 amide bonds. The molecule has 1 fully saturated rings. The number of hydrogen-bond acceptors (Lipinski definition) is 2. The van der Waals surface area contributed by atoms with Gasteiger partial charge in [0.1, 0.15) is 6.29 Å². The zero-order chi connectivity index (χ0) is 12.5.